The summed E-state index contributed by atoms with van der Waals surface area (Å²) in [5.41, 5.74) is 8.06. The van der Waals surface area contributed by atoms with Gasteiger partial charge < -0.3 is 16.0 Å². The predicted octanol–water partition coefficient (Wildman–Crippen LogP) is 1.24. The number of hydrogen-bond donors (Lipinski definition) is 3. The smallest absolute Gasteiger partial charge is 0.249 e. The predicted molar refractivity (Wildman–Crippen MR) is 109 cm³/mol. The van der Waals surface area contributed by atoms with Gasteiger partial charge in [0, 0.05) is 4.75 Å². The molecule has 2 aromatic rings. The Bertz CT molecular complexity index is 913. The number of hydrogen-bond acceptors (Lipinski definition) is 7. The van der Waals surface area contributed by atoms with Crippen LogP contribution in [0.15, 0.2) is 24.3 Å². The second-order valence-corrected chi connectivity index (χ2v) is 10.1. The molecular formula is C19H25N7O2S. The molecule has 9 nitrogen and oxygen atoms in total. The van der Waals surface area contributed by atoms with Crippen LogP contribution in [0, 0.1) is 0 Å². The lowest BCUT2D eigenvalue weighted by Gasteiger charge is -2.44. The van der Waals surface area contributed by atoms with Crippen molar-refractivity contribution in [1.82, 2.24) is 30.8 Å². The van der Waals surface area contributed by atoms with Gasteiger partial charge in [0.25, 0.3) is 0 Å². The van der Waals surface area contributed by atoms with E-state index in [-0.39, 0.29) is 28.0 Å². The van der Waals surface area contributed by atoms with Crippen molar-refractivity contribution in [3.05, 3.63) is 41.2 Å². The van der Waals surface area contributed by atoms with Crippen molar-refractivity contribution in [1.29, 1.82) is 0 Å². The van der Waals surface area contributed by atoms with Crippen LogP contribution >= 0.6 is 11.8 Å². The third kappa shape index (κ3) is 3.29. The number of aromatic nitrogens is 4. The number of aromatic amines is 1. The number of carbonyl (C=O) groups excluding carboxylic acids is 2. The van der Waals surface area contributed by atoms with Gasteiger partial charge in [-0.05, 0) is 41.3 Å². The van der Waals surface area contributed by atoms with E-state index in [1.165, 1.54) is 5.56 Å². The molecule has 2 aliphatic heterocycles. The first kappa shape index (κ1) is 19.8. The van der Waals surface area contributed by atoms with Gasteiger partial charge in [0.2, 0.25) is 11.8 Å². The summed E-state index contributed by atoms with van der Waals surface area (Å²) >= 11 is 1.62. The highest BCUT2D eigenvalue weighted by molar-refractivity contribution is 8.01. The van der Waals surface area contributed by atoms with Crippen LogP contribution < -0.4 is 11.1 Å². The minimum Gasteiger partial charge on any atom is -0.340 e. The molecule has 1 aromatic heterocycles. The molecule has 4 N–H and O–H groups in total. The summed E-state index contributed by atoms with van der Waals surface area (Å²) in [6, 6.07) is 6.00. The summed E-state index contributed by atoms with van der Waals surface area (Å²) in [4.78, 5) is 27.3. The zero-order valence-electron chi connectivity index (χ0n) is 16.8. The molecule has 1 aromatic carbocycles. The lowest BCUT2D eigenvalue weighted by atomic mass is 9.95. The maximum Gasteiger partial charge on any atom is 0.249 e. The Labute approximate surface area is 173 Å². The molecule has 4 rings (SSSR count). The first-order valence-corrected chi connectivity index (χ1v) is 10.5. The van der Waals surface area contributed by atoms with Crippen LogP contribution in [-0.2, 0) is 9.59 Å². The molecule has 2 aliphatic rings. The monoisotopic (exact) mass is 415 g/mol. The Morgan fingerprint density at radius 2 is 1.93 bits per heavy atom. The number of H-pyrrole nitrogens is 1. The number of β-lactam (4-membered cyclic amide) rings is 1. The topological polar surface area (TPSA) is 130 Å². The molecule has 154 valence electrons. The Hall–Kier alpha value is -2.46. The number of nitrogens with zero attached hydrogens (tertiary/aromatic N) is 4. The zero-order chi connectivity index (χ0) is 20.9. The van der Waals surface area contributed by atoms with Crippen LogP contribution in [-0.4, -0.2) is 53.5 Å². The van der Waals surface area contributed by atoms with E-state index < -0.39 is 12.1 Å². The standard InChI is InChI=1S/C19H25N7O2S/c1-9(2)10-5-7-11(8-6-10)12(20)16(27)21-13-17(28)26-14(15-22-24-25-23-15)19(3,4)29-18(13)26/h5-9,12-14,18H,20H2,1-4H3,(H,21,27)(H,22,23,24,25)/t12?,13?,14?,18-/m1/s1. The molecule has 0 spiro atoms. The Morgan fingerprint density at radius 3 is 2.52 bits per heavy atom. The van der Waals surface area contributed by atoms with E-state index in [1.54, 1.807) is 16.7 Å². The van der Waals surface area contributed by atoms with Crippen molar-refractivity contribution in [3.8, 4) is 0 Å². The first-order chi connectivity index (χ1) is 13.7. The van der Waals surface area contributed by atoms with E-state index in [0.29, 0.717) is 11.7 Å². The maximum atomic E-state index is 12.8. The first-order valence-electron chi connectivity index (χ1n) is 9.60. The van der Waals surface area contributed by atoms with Gasteiger partial charge in [0.05, 0.1) is 0 Å². The Kier molecular flexibility index (Phi) is 4.86. The average molecular weight is 416 g/mol. The third-order valence-electron chi connectivity index (χ3n) is 5.60. The van der Waals surface area contributed by atoms with Gasteiger partial charge in [0.15, 0.2) is 5.82 Å². The van der Waals surface area contributed by atoms with Crippen LogP contribution in [0.1, 0.15) is 62.6 Å². The fraction of sp³-hybridized carbons (Fsp3) is 0.526. The summed E-state index contributed by atoms with van der Waals surface area (Å²) in [5.74, 6) is 0.446. The van der Waals surface area contributed by atoms with Crippen LogP contribution in [0.2, 0.25) is 0 Å². The van der Waals surface area contributed by atoms with E-state index in [1.807, 2.05) is 38.1 Å². The molecule has 0 radical (unpaired) electrons. The number of tetrazole rings is 1. The van der Waals surface area contributed by atoms with Gasteiger partial charge in [-0.3, -0.25) is 9.59 Å². The normalized spacial score (nSPS) is 26.2. The molecule has 2 saturated heterocycles. The van der Waals surface area contributed by atoms with Crippen molar-refractivity contribution in [2.75, 3.05) is 0 Å². The van der Waals surface area contributed by atoms with Crippen molar-refractivity contribution < 1.29 is 9.59 Å². The molecule has 10 heteroatoms. The second kappa shape index (κ2) is 7.10. The highest BCUT2D eigenvalue weighted by Crippen LogP contribution is 2.56. The van der Waals surface area contributed by atoms with Gasteiger partial charge in [0.1, 0.15) is 23.5 Å². The van der Waals surface area contributed by atoms with Gasteiger partial charge in [-0.15, -0.1) is 16.9 Å². The number of thioether (sulfide) groups is 1. The minimum absolute atomic E-state index is 0.148. The van der Waals surface area contributed by atoms with Crippen molar-refractivity contribution in [2.24, 2.45) is 5.73 Å². The summed E-state index contributed by atoms with van der Waals surface area (Å²) in [7, 11) is 0. The average Bonchev–Trinajstić information content (AvgIpc) is 3.29. The molecule has 29 heavy (non-hydrogen) atoms. The van der Waals surface area contributed by atoms with E-state index >= 15 is 0 Å². The van der Waals surface area contributed by atoms with E-state index in [2.05, 4.69) is 39.8 Å². The molecule has 0 saturated carbocycles. The Morgan fingerprint density at radius 1 is 1.28 bits per heavy atom. The lowest BCUT2D eigenvalue weighted by molar-refractivity contribution is -0.152. The van der Waals surface area contributed by atoms with Crippen molar-refractivity contribution >= 4 is 23.6 Å². The molecule has 2 amide bonds. The summed E-state index contributed by atoms with van der Waals surface area (Å²) in [5, 5.41) is 16.7. The Balaban J connectivity index is 1.45. The number of carbonyl (C=O) groups is 2. The number of nitrogens with one attached hydrogen (secondary N) is 2. The fourth-order valence-electron chi connectivity index (χ4n) is 3.96. The highest BCUT2D eigenvalue weighted by Gasteiger charge is 2.63. The van der Waals surface area contributed by atoms with Crippen LogP contribution in [0.4, 0.5) is 0 Å². The van der Waals surface area contributed by atoms with Crippen LogP contribution in [0.25, 0.3) is 0 Å². The van der Waals surface area contributed by atoms with E-state index in [4.69, 9.17) is 5.73 Å². The fourth-order valence-corrected chi connectivity index (χ4v) is 5.59. The SMILES string of the molecule is CC(C)c1ccc(C(N)C(=O)NC2C(=O)N3C(c4nnn[nH]4)C(C)(C)S[C@H]23)cc1. The number of fused-ring (bicyclic) bond motifs is 1. The van der Waals surface area contributed by atoms with Crippen molar-refractivity contribution in [2.45, 2.75) is 61.9 Å². The molecule has 0 bridgehead atoms. The second-order valence-electron chi connectivity index (χ2n) is 8.33. The van der Waals surface area contributed by atoms with Gasteiger partial charge >= 0.3 is 0 Å². The molecule has 2 fully saturated rings. The van der Waals surface area contributed by atoms with E-state index in [9.17, 15) is 9.59 Å². The summed E-state index contributed by atoms with van der Waals surface area (Å²) < 4.78 is -0.296. The number of rotatable bonds is 5. The van der Waals surface area contributed by atoms with Crippen LogP contribution in [0.3, 0.4) is 0 Å². The quantitative estimate of drug-likeness (QED) is 0.626. The van der Waals surface area contributed by atoms with Crippen LogP contribution in [0.5, 0.6) is 0 Å². The van der Waals surface area contributed by atoms with Gasteiger partial charge in [-0.25, -0.2) is 5.10 Å². The van der Waals surface area contributed by atoms with Gasteiger partial charge in [-0.2, -0.15) is 0 Å². The lowest BCUT2D eigenvalue weighted by Crippen LogP contribution is -2.68. The summed E-state index contributed by atoms with van der Waals surface area (Å²) in [6.07, 6.45) is 0. The molecule has 3 heterocycles. The molecule has 0 aliphatic carbocycles. The third-order valence-corrected chi connectivity index (χ3v) is 7.18. The molecule has 4 atom stereocenters. The molecular weight excluding hydrogens is 390 g/mol. The number of benzene rings is 1. The number of nitrogens with two attached hydrogens (primary N) is 1. The largest absolute Gasteiger partial charge is 0.340 e. The molecule has 3 unspecified atom stereocenters. The minimum atomic E-state index is -0.827. The highest BCUT2D eigenvalue weighted by atomic mass is 32.2. The van der Waals surface area contributed by atoms with Gasteiger partial charge in [-0.1, -0.05) is 38.1 Å². The van der Waals surface area contributed by atoms with E-state index in [0.717, 1.165) is 5.56 Å². The summed E-state index contributed by atoms with van der Waals surface area (Å²) in [6.45, 7) is 8.30. The van der Waals surface area contributed by atoms with Crippen molar-refractivity contribution in [3.63, 3.8) is 0 Å². The maximum absolute atomic E-state index is 12.8. The zero-order valence-corrected chi connectivity index (χ0v) is 17.6. The number of amides is 2.